The zero-order valence-electron chi connectivity index (χ0n) is 10.2. The molecule has 1 atom stereocenters. The fourth-order valence-electron chi connectivity index (χ4n) is 1.43. The minimum absolute atomic E-state index is 0.0870. The average Bonchev–Trinajstić information content (AvgIpc) is 2.98. The largest absolute Gasteiger partial charge is 0.387 e. The van der Waals surface area contributed by atoms with E-state index in [1.807, 2.05) is 29.0 Å². The third-order valence-corrected chi connectivity index (χ3v) is 4.15. The second-order valence-corrected chi connectivity index (χ2v) is 5.68. The maximum Gasteiger partial charge on any atom is 0.230 e. The highest BCUT2D eigenvalue weighted by Crippen LogP contribution is 2.17. The van der Waals surface area contributed by atoms with E-state index in [-0.39, 0.29) is 12.5 Å². The Balaban J connectivity index is 1.70. The molecule has 1 unspecified atom stereocenters. The second-order valence-electron chi connectivity index (χ2n) is 3.85. The maximum absolute atomic E-state index is 11.6. The minimum Gasteiger partial charge on any atom is -0.387 e. The molecule has 0 aliphatic carbocycles. The first kappa shape index (κ1) is 14.0. The zero-order chi connectivity index (χ0) is 13.5. The van der Waals surface area contributed by atoms with Crippen LogP contribution >= 0.6 is 23.1 Å². The number of pyridine rings is 1. The molecule has 19 heavy (non-hydrogen) atoms. The highest BCUT2D eigenvalue weighted by Gasteiger charge is 2.09. The van der Waals surface area contributed by atoms with E-state index in [9.17, 15) is 9.90 Å². The van der Waals surface area contributed by atoms with Gasteiger partial charge in [0.15, 0.2) is 0 Å². The molecule has 0 fully saturated rings. The minimum atomic E-state index is -0.638. The Morgan fingerprint density at radius 2 is 2.21 bits per heavy atom. The summed E-state index contributed by atoms with van der Waals surface area (Å²) in [6.45, 7) is 0.243. The molecule has 2 aromatic rings. The first-order valence-corrected chi connectivity index (χ1v) is 7.68. The van der Waals surface area contributed by atoms with Crippen molar-refractivity contribution < 1.29 is 9.90 Å². The van der Waals surface area contributed by atoms with Gasteiger partial charge >= 0.3 is 0 Å². The van der Waals surface area contributed by atoms with E-state index in [1.165, 1.54) is 23.1 Å². The summed E-state index contributed by atoms with van der Waals surface area (Å²) in [5.41, 5.74) is 0.840. The number of nitrogens with one attached hydrogen (secondary N) is 1. The molecule has 0 saturated heterocycles. The van der Waals surface area contributed by atoms with E-state index in [0.29, 0.717) is 5.75 Å². The topological polar surface area (TPSA) is 62.2 Å². The lowest BCUT2D eigenvalue weighted by molar-refractivity contribution is -0.119. The monoisotopic (exact) mass is 294 g/mol. The van der Waals surface area contributed by atoms with Crippen LogP contribution in [0.5, 0.6) is 0 Å². The van der Waals surface area contributed by atoms with Crippen molar-refractivity contribution in [2.45, 2.75) is 11.0 Å². The van der Waals surface area contributed by atoms with Gasteiger partial charge in [-0.1, -0.05) is 0 Å². The van der Waals surface area contributed by atoms with Crippen molar-refractivity contribution in [1.82, 2.24) is 10.3 Å². The lowest BCUT2D eigenvalue weighted by Crippen LogP contribution is -2.29. The number of aliphatic hydroxyl groups excluding tert-OH is 1. The van der Waals surface area contributed by atoms with Crippen LogP contribution in [-0.2, 0) is 4.79 Å². The van der Waals surface area contributed by atoms with Crippen molar-refractivity contribution >= 4 is 29.0 Å². The Kier molecular flexibility index (Phi) is 5.38. The number of nitrogens with zero attached hydrogens (tertiary/aromatic N) is 1. The molecule has 0 radical (unpaired) electrons. The fraction of sp³-hybridized carbons (Fsp3) is 0.231. The van der Waals surface area contributed by atoms with Gasteiger partial charge in [-0.25, -0.2) is 0 Å². The molecule has 2 rings (SSSR count). The predicted octanol–water partition coefficient (Wildman–Crippen LogP) is 2.08. The lowest BCUT2D eigenvalue weighted by Gasteiger charge is -2.10. The summed E-state index contributed by atoms with van der Waals surface area (Å²) >= 11 is 2.97. The molecule has 2 heterocycles. The number of amides is 1. The average molecular weight is 294 g/mol. The second kappa shape index (κ2) is 7.28. The Labute approximate surface area is 119 Å². The summed E-state index contributed by atoms with van der Waals surface area (Å²) in [6, 6.07) is 5.57. The number of aliphatic hydroxyl groups is 1. The van der Waals surface area contributed by atoms with Crippen LogP contribution in [0.15, 0.2) is 46.2 Å². The number of hydrogen-bond acceptors (Lipinski definition) is 5. The van der Waals surface area contributed by atoms with Crippen LogP contribution in [0.3, 0.4) is 0 Å². The van der Waals surface area contributed by atoms with Crippen LogP contribution in [0.25, 0.3) is 0 Å². The fourth-order valence-corrected chi connectivity index (χ4v) is 2.85. The number of carbonyl (C=O) groups excluding carboxylic acids is 1. The van der Waals surface area contributed by atoms with Gasteiger partial charge < -0.3 is 10.4 Å². The van der Waals surface area contributed by atoms with E-state index >= 15 is 0 Å². The molecule has 6 heteroatoms. The third-order valence-electron chi connectivity index (χ3n) is 2.44. The highest BCUT2D eigenvalue weighted by molar-refractivity contribution is 8.00. The summed E-state index contributed by atoms with van der Waals surface area (Å²) < 4.78 is 0. The van der Waals surface area contributed by atoms with Crippen LogP contribution < -0.4 is 5.32 Å². The van der Waals surface area contributed by atoms with Gasteiger partial charge in [0.05, 0.1) is 11.9 Å². The van der Waals surface area contributed by atoms with Gasteiger partial charge in [-0.15, -0.1) is 11.8 Å². The van der Waals surface area contributed by atoms with E-state index in [1.54, 1.807) is 12.4 Å². The van der Waals surface area contributed by atoms with Gasteiger partial charge in [0, 0.05) is 23.8 Å². The smallest absolute Gasteiger partial charge is 0.230 e. The number of rotatable bonds is 6. The molecule has 1 amide bonds. The van der Waals surface area contributed by atoms with Gasteiger partial charge in [-0.2, -0.15) is 11.3 Å². The number of aromatic nitrogens is 1. The Morgan fingerprint density at radius 1 is 1.42 bits per heavy atom. The van der Waals surface area contributed by atoms with Crippen LogP contribution in [0.2, 0.25) is 0 Å². The number of thioether (sulfide) groups is 1. The first-order chi connectivity index (χ1) is 9.25. The van der Waals surface area contributed by atoms with Crippen molar-refractivity contribution in [3.63, 3.8) is 0 Å². The summed E-state index contributed by atoms with van der Waals surface area (Å²) in [5, 5.41) is 16.3. The van der Waals surface area contributed by atoms with Crippen LogP contribution in [0.4, 0.5) is 0 Å². The van der Waals surface area contributed by atoms with E-state index in [4.69, 9.17) is 0 Å². The van der Waals surface area contributed by atoms with Crippen LogP contribution in [-0.4, -0.2) is 28.3 Å². The molecule has 100 valence electrons. The molecule has 0 aromatic carbocycles. The maximum atomic E-state index is 11.6. The quantitative estimate of drug-likeness (QED) is 0.801. The van der Waals surface area contributed by atoms with Gasteiger partial charge in [-0.05, 0) is 34.5 Å². The van der Waals surface area contributed by atoms with E-state index < -0.39 is 6.10 Å². The van der Waals surface area contributed by atoms with E-state index in [2.05, 4.69) is 10.3 Å². The summed E-state index contributed by atoms with van der Waals surface area (Å²) in [4.78, 5) is 16.6. The molecular formula is C13H14N2O2S2. The predicted molar refractivity (Wildman–Crippen MR) is 77.2 cm³/mol. The van der Waals surface area contributed by atoms with Crippen LogP contribution in [0, 0.1) is 0 Å². The molecule has 0 aliphatic heterocycles. The normalized spacial score (nSPS) is 12.1. The molecule has 0 bridgehead atoms. The van der Waals surface area contributed by atoms with Gasteiger partial charge in [-0.3, -0.25) is 9.78 Å². The van der Waals surface area contributed by atoms with Crippen molar-refractivity contribution in [1.29, 1.82) is 0 Å². The number of thiophene rings is 1. The first-order valence-electron chi connectivity index (χ1n) is 5.75. The van der Waals surface area contributed by atoms with Gasteiger partial charge in [0.1, 0.15) is 0 Å². The van der Waals surface area contributed by atoms with Crippen molar-refractivity contribution in [3.8, 4) is 0 Å². The molecule has 2 N–H and O–H groups in total. The van der Waals surface area contributed by atoms with Crippen molar-refractivity contribution in [2.75, 3.05) is 12.3 Å². The molecule has 0 spiro atoms. The van der Waals surface area contributed by atoms with Crippen molar-refractivity contribution in [2.24, 2.45) is 0 Å². The molecule has 0 saturated carbocycles. The lowest BCUT2D eigenvalue weighted by atomic mass is 10.2. The summed E-state index contributed by atoms with van der Waals surface area (Å²) in [6.07, 6.45) is 2.75. The Morgan fingerprint density at radius 3 is 2.89 bits per heavy atom. The highest BCUT2D eigenvalue weighted by atomic mass is 32.2. The van der Waals surface area contributed by atoms with Gasteiger partial charge in [0.2, 0.25) is 5.91 Å². The molecule has 2 aromatic heterocycles. The standard InChI is InChI=1S/C13H14N2O2S2/c16-12(10-3-6-18-8-10)7-15-13(17)9-19-11-1-4-14-5-2-11/h1-6,8,12,16H,7,9H2,(H,15,17). The van der Waals surface area contributed by atoms with Gasteiger partial charge in [0.25, 0.3) is 0 Å². The van der Waals surface area contributed by atoms with Crippen molar-refractivity contribution in [3.05, 3.63) is 46.9 Å². The Bertz CT molecular complexity index is 503. The van der Waals surface area contributed by atoms with Crippen LogP contribution in [0.1, 0.15) is 11.7 Å². The summed E-state index contributed by atoms with van der Waals surface area (Å²) in [5.74, 6) is 0.247. The summed E-state index contributed by atoms with van der Waals surface area (Å²) in [7, 11) is 0. The Hall–Kier alpha value is -1.37. The zero-order valence-corrected chi connectivity index (χ0v) is 11.8. The molecule has 0 aliphatic rings. The third kappa shape index (κ3) is 4.66. The molecule has 4 nitrogen and oxygen atoms in total. The van der Waals surface area contributed by atoms with E-state index in [0.717, 1.165) is 10.5 Å². The number of hydrogen-bond donors (Lipinski definition) is 2. The number of carbonyl (C=O) groups is 1. The SMILES string of the molecule is O=C(CSc1ccncc1)NCC(O)c1ccsc1. The molecular weight excluding hydrogens is 280 g/mol.